The monoisotopic (exact) mass is 208 g/mol. The Morgan fingerprint density at radius 1 is 1.12 bits per heavy atom. The van der Waals surface area contributed by atoms with E-state index in [2.05, 4.69) is 56.0 Å². The molecule has 2 aromatic carbocycles. The third-order valence-corrected chi connectivity index (χ3v) is 2.88. The number of hydrogen-bond acceptors (Lipinski definition) is 0. The standard InChI is InChI=1S/C16H16/c1-4-8-15-12(3)11-13-9-6-7-10-16(13)14(15)5-2/h4-11H,2H2,1,3H3/b8-4-. The zero-order valence-corrected chi connectivity index (χ0v) is 9.83. The smallest absolute Gasteiger partial charge is 0.0105 e. The minimum absolute atomic E-state index is 1.23. The second-order valence-corrected chi connectivity index (χ2v) is 3.95. The Labute approximate surface area is 96.9 Å². The average Bonchev–Trinajstić information content (AvgIpc) is 2.30. The van der Waals surface area contributed by atoms with Gasteiger partial charge in [-0.3, -0.25) is 0 Å². The molecule has 80 valence electrons. The van der Waals surface area contributed by atoms with Crippen molar-refractivity contribution in [3.63, 3.8) is 0 Å². The summed E-state index contributed by atoms with van der Waals surface area (Å²) in [6.45, 7) is 8.12. The fourth-order valence-corrected chi connectivity index (χ4v) is 2.14. The molecule has 0 nitrogen and oxygen atoms in total. The fourth-order valence-electron chi connectivity index (χ4n) is 2.14. The molecule has 0 unspecified atom stereocenters. The lowest BCUT2D eigenvalue weighted by Crippen LogP contribution is -1.88. The molecule has 0 radical (unpaired) electrons. The highest BCUT2D eigenvalue weighted by atomic mass is 14.1. The highest BCUT2D eigenvalue weighted by Crippen LogP contribution is 2.27. The highest BCUT2D eigenvalue weighted by molar-refractivity contribution is 5.95. The summed E-state index contributed by atoms with van der Waals surface area (Å²) in [7, 11) is 0. The molecule has 0 saturated heterocycles. The summed E-state index contributed by atoms with van der Waals surface area (Å²) >= 11 is 0. The van der Waals surface area contributed by atoms with Crippen molar-refractivity contribution >= 4 is 22.9 Å². The van der Waals surface area contributed by atoms with Crippen LogP contribution >= 0.6 is 0 Å². The van der Waals surface area contributed by atoms with Crippen molar-refractivity contribution < 1.29 is 0 Å². The molecule has 0 saturated carbocycles. The predicted molar refractivity (Wildman–Crippen MR) is 73.5 cm³/mol. The van der Waals surface area contributed by atoms with Crippen LogP contribution < -0.4 is 0 Å². The summed E-state index contributed by atoms with van der Waals surface area (Å²) in [6.07, 6.45) is 6.17. The van der Waals surface area contributed by atoms with Crippen molar-refractivity contribution in [2.24, 2.45) is 0 Å². The van der Waals surface area contributed by atoms with Crippen LogP contribution in [0.3, 0.4) is 0 Å². The second kappa shape index (κ2) is 4.36. The molecule has 0 N–H and O–H groups in total. The van der Waals surface area contributed by atoms with Crippen LogP contribution in [0.1, 0.15) is 23.6 Å². The summed E-state index contributed by atoms with van der Waals surface area (Å²) in [4.78, 5) is 0. The molecule has 0 heteroatoms. The topological polar surface area (TPSA) is 0 Å². The maximum absolute atomic E-state index is 3.93. The van der Waals surface area contributed by atoms with Gasteiger partial charge in [-0.1, -0.05) is 55.1 Å². The molecular formula is C16H16. The normalized spacial score (nSPS) is 11.1. The van der Waals surface area contributed by atoms with E-state index in [9.17, 15) is 0 Å². The van der Waals surface area contributed by atoms with E-state index in [1.54, 1.807) is 0 Å². The van der Waals surface area contributed by atoms with E-state index in [0.29, 0.717) is 0 Å². The maximum Gasteiger partial charge on any atom is -0.0105 e. The van der Waals surface area contributed by atoms with Crippen LogP contribution in [-0.4, -0.2) is 0 Å². The van der Waals surface area contributed by atoms with Crippen molar-refractivity contribution in [1.29, 1.82) is 0 Å². The SMILES string of the molecule is C=Cc1c(/C=C\C)c(C)cc2ccccc12. The van der Waals surface area contributed by atoms with E-state index in [1.807, 2.05) is 13.0 Å². The van der Waals surface area contributed by atoms with E-state index < -0.39 is 0 Å². The second-order valence-electron chi connectivity index (χ2n) is 3.95. The highest BCUT2D eigenvalue weighted by Gasteiger charge is 2.05. The van der Waals surface area contributed by atoms with Crippen LogP contribution in [0.2, 0.25) is 0 Å². The summed E-state index contributed by atoms with van der Waals surface area (Å²) in [5, 5.41) is 2.55. The third-order valence-electron chi connectivity index (χ3n) is 2.88. The van der Waals surface area contributed by atoms with Crippen LogP contribution in [0, 0.1) is 6.92 Å². The maximum atomic E-state index is 3.93. The first-order chi connectivity index (χ1) is 7.77. The van der Waals surface area contributed by atoms with Gasteiger partial charge in [0, 0.05) is 0 Å². The van der Waals surface area contributed by atoms with E-state index >= 15 is 0 Å². The van der Waals surface area contributed by atoms with Crippen molar-refractivity contribution in [1.82, 2.24) is 0 Å². The Balaban J connectivity index is 2.90. The van der Waals surface area contributed by atoms with Crippen molar-refractivity contribution in [2.45, 2.75) is 13.8 Å². The zero-order valence-electron chi connectivity index (χ0n) is 9.83. The minimum atomic E-state index is 1.23. The summed E-state index contributed by atoms with van der Waals surface area (Å²) in [6, 6.07) is 10.7. The van der Waals surface area contributed by atoms with Crippen LogP contribution in [-0.2, 0) is 0 Å². The molecule has 0 aliphatic carbocycles. The van der Waals surface area contributed by atoms with Gasteiger partial charge in [0.05, 0.1) is 0 Å². The van der Waals surface area contributed by atoms with Gasteiger partial charge in [-0.05, 0) is 41.3 Å². The Kier molecular flexibility index (Phi) is 2.91. The van der Waals surface area contributed by atoms with Gasteiger partial charge in [-0.2, -0.15) is 0 Å². The molecule has 2 aromatic rings. The molecule has 0 atom stereocenters. The van der Waals surface area contributed by atoms with Crippen LogP contribution in [0.25, 0.3) is 22.9 Å². The van der Waals surface area contributed by atoms with Crippen LogP contribution in [0.4, 0.5) is 0 Å². The quantitative estimate of drug-likeness (QED) is 0.663. The van der Waals surface area contributed by atoms with Crippen LogP contribution in [0.15, 0.2) is 43.0 Å². The first-order valence-corrected chi connectivity index (χ1v) is 5.55. The molecule has 0 aromatic heterocycles. The molecule has 16 heavy (non-hydrogen) atoms. The number of hydrogen-bond donors (Lipinski definition) is 0. The Bertz CT molecular complexity index is 560. The van der Waals surface area contributed by atoms with Crippen molar-refractivity contribution in [2.75, 3.05) is 0 Å². The van der Waals surface area contributed by atoms with Gasteiger partial charge in [0.15, 0.2) is 0 Å². The van der Waals surface area contributed by atoms with Gasteiger partial charge in [0.1, 0.15) is 0 Å². The first-order valence-electron chi connectivity index (χ1n) is 5.55. The summed E-state index contributed by atoms with van der Waals surface area (Å²) in [5.41, 5.74) is 3.80. The third kappa shape index (κ3) is 1.67. The lowest BCUT2D eigenvalue weighted by atomic mass is 9.94. The van der Waals surface area contributed by atoms with E-state index in [4.69, 9.17) is 0 Å². The lowest BCUT2D eigenvalue weighted by Gasteiger charge is -2.10. The van der Waals surface area contributed by atoms with Gasteiger partial charge >= 0.3 is 0 Å². The van der Waals surface area contributed by atoms with Gasteiger partial charge in [-0.15, -0.1) is 0 Å². The molecular weight excluding hydrogens is 192 g/mol. The Morgan fingerprint density at radius 2 is 1.88 bits per heavy atom. The number of allylic oxidation sites excluding steroid dienone is 1. The largest absolute Gasteiger partial charge is 0.0984 e. The molecule has 0 amide bonds. The molecule has 0 aliphatic rings. The van der Waals surface area contributed by atoms with Gasteiger partial charge in [0.25, 0.3) is 0 Å². The zero-order chi connectivity index (χ0) is 11.5. The first kappa shape index (κ1) is 10.7. The van der Waals surface area contributed by atoms with Gasteiger partial charge in [0.2, 0.25) is 0 Å². The fraction of sp³-hybridized carbons (Fsp3) is 0.125. The van der Waals surface area contributed by atoms with E-state index in [1.165, 1.54) is 27.5 Å². The number of fused-ring (bicyclic) bond motifs is 1. The lowest BCUT2D eigenvalue weighted by molar-refractivity contribution is 1.46. The van der Waals surface area contributed by atoms with E-state index in [0.717, 1.165) is 0 Å². The minimum Gasteiger partial charge on any atom is -0.0984 e. The molecule has 0 fully saturated rings. The number of benzene rings is 2. The average molecular weight is 208 g/mol. The summed E-state index contributed by atoms with van der Waals surface area (Å²) in [5.74, 6) is 0. The van der Waals surface area contributed by atoms with Crippen molar-refractivity contribution in [3.05, 3.63) is 59.7 Å². The van der Waals surface area contributed by atoms with Gasteiger partial charge in [-0.25, -0.2) is 0 Å². The molecule has 0 bridgehead atoms. The molecule has 0 aliphatic heterocycles. The molecule has 0 heterocycles. The van der Waals surface area contributed by atoms with Crippen molar-refractivity contribution in [3.8, 4) is 0 Å². The predicted octanol–water partition coefficient (Wildman–Crippen LogP) is 4.82. The number of rotatable bonds is 2. The Hall–Kier alpha value is -1.82. The van der Waals surface area contributed by atoms with Crippen LogP contribution in [0.5, 0.6) is 0 Å². The Morgan fingerprint density at radius 3 is 2.56 bits per heavy atom. The summed E-state index contributed by atoms with van der Waals surface area (Å²) < 4.78 is 0. The number of aryl methyl sites for hydroxylation is 1. The molecule has 2 rings (SSSR count). The molecule has 0 spiro atoms. The van der Waals surface area contributed by atoms with E-state index in [-0.39, 0.29) is 0 Å². The van der Waals surface area contributed by atoms with Gasteiger partial charge < -0.3 is 0 Å².